The fourth-order valence-corrected chi connectivity index (χ4v) is 4.11. The normalized spacial score (nSPS) is 27.0. The van der Waals surface area contributed by atoms with E-state index in [4.69, 9.17) is 0 Å². The number of piperidine rings is 1. The molecule has 24 heavy (non-hydrogen) atoms. The summed E-state index contributed by atoms with van der Waals surface area (Å²) in [5.74, 6) is -0.102. The van der Waals surface area contributed by atoms with Crippen LogP contribution in [0.4, 0.5) is 4.79 Å². The van der Waals surface area contributed by atoms with Crippen LogP contribution >= 0.6 is 0 Å². The number of nitrogens with one attached hydrogen (secondary N) is 2. The van der Waals surface area contributed by atoms with E-state index >= 15 is 0 Å². The minimum Gasteiger partial charge on any atom is -0.312 e. The number of rotatable bonds is 6. The van der Waals surface area contributed by atoms with E-state index in [-0.39, 0.29) is 17.5 Å². The van der Waals surface area contributed by atoms with Crippen LogP contribution in [0.1, 0.15) is 79.6 Å². The maximum atomic E-state index is 12.5. The molecule has 0 aromatic heterocycles. The van der Waals surface area contributed by atoms with Gasteiger partial charge in [0.1, 0.15) is 5.54 Å². The molecule has 0 radical (unpaired) electrons. The van der Waals surface area contributed by atoms with Crippen molar-refractivity contribution in [3.8, 4) is 0 Å². The summed E-state index contributed by atoms with van der Waals surface area (Å²) in [5, 5.41) is 6.00. The first-order chi connectivity index (χ1) is 11.1. The SMILES string of the molecule is CC(C)(C)CCCCCCN1C(=O)NC(=O)C12CCNC(C)(C)C2. The van der Waals surface area contributed by atoms with E-state index in [2.05, 4.69) is 45.3 Å². The second-order valence-electron chi connectivity index (χ2n) is 9.40. The van der Waals surface area contributed by atoms with Gasteiger partial charge in [-0.1, -0.05) is 40.0 Å². The van der Waals surface area contributed by atoms with Crippen molar-refractivity contribution in [3.05, 3.63) is 0 Å². The van der Waals surface area contributed by atoms with Gasteiger partial charge in [-0.05, 0) is 51.5 Å². The number of imide groups is 1. The summed E-state index contributed by atoms with van der Waals surface area (Å²) in [5.41, 5.74) is -0.367. The van der Waals surface area contributed by atoms with Crippen LogP contribution in [-0.4, -0.2) is 41.0 Å². The molecule has 1 unspecified atom stereocenters. The van der Waals surface area contributed by atoms with E-state index in [1.807, 2.05) is 4.90 Å². The molecular formula is C19H35N3O2. The first-order valence-corrected chi connectivity index (χ1v) is 9.44. The van der Waals surface area contributed by atoms with Crippen molar-refractivity contribution in [2.75, 3.05) is 13.1 Å². The molecule has 2 aliphatic rings. The zero-order chi connectivity index (χ0) is 18.0. The van der Waals surface area contributed by atoms with Crippen LogP contribution in [-0.2, 0) is 4.79 Å². The van der Waals surface area contributed by atoms with Gasteiger partial charge in [-0.3, -0.25) is 10.1 Å². The largest absolute Gasteiger partial charge is 0.325 e. The molecule has 2 heterocycles. The lowest BCUT2D eigenvalue weighted by Crippen LogP contribution is -2.62. The van der Waals surface area contributed by atoms with Crippen molar-refractivity contribution < 1.29 is 9.59 Å². The molecular weight excluding hydrogens is 302 g/mol. The molecule has 2 fully saturated rings. The lowest BCUT2D eigenvalue weighted by Gasteiger charge is -2.45. The highest BCUT2D eigenvalue weighted by Gasteiger charge is 2.55. The quantitative estimate of drug-likeness (QED) is 0.576. The number of nitrogens with zero attached hydrogens (tertiary/aromatic N) is 1. The Morgan fingerprint density at radius 2 is 1.75 bits per heavy atom. The Bertz CT molecular complexity index is 481. The molecule has 138 valence electrons. The third kappa shape index (κ3) is 4.50. The lowest BCUT2D eigenvalue weighted by molar-refractivity contribution is -0.129. The number of amides is 3. The van der Waals surface area contributed by atoms with Crippen molar-refractivity contribution in [2.45, 2.75) is 90.6 Å². The summed E-state index contributed by atoms with van der Waals surface area (Å²) in [6.45, 7) is 12.5. The molecule has 2 aliphatic heterocycles. The Hall–Kier alpha value is -1.10. The number of carbonyl (C=O) groups is 2. The molecule has 5 heteroatoms. The highest BCUT2D eigenvalue weighted by Crippen LogP contribution is 2.37. The van der Waals surface area contributed by atoms with Crippen molar-refractivity contribution in [3.63, 3.8) is 0 Å². The Labute approximate surface area is 146 Å². The number of unbranched alkanes of at least 4 members (excludes halogenated alkanes) is 3. The second-order valence-corrected chi connectivity index (χ2v) is 9.40. The molecule has 0 bridgehead atoms. The monoisotopic (exact) mass is 337 g/mol. The molecule has 0 aromatic carbocycles. The smallest absolute Gasteiger partial charge is 0.312 e. The Morgan fingerprint density at radius 3 is 2.38 bits per heavy atom. The van der Waals surface area contributed by atoms with Crippen LogP contribution in [0.3, 0.4) is 0 Å². The second kappa shape index (κ2) is 7.03. The number of hydrogen-bond acceptors (Lipinski definition) is 3. The van der Waals surface area contributed by atoms with Gasteiger partial charge >= 0.3 is 6.03 Å². The highest BCUT2D eigenvalue weighted by atomic mass is 16.2. The summed E-state index contributed by atoms with van der Waals surface area (Å²) >= 11 is 0. The first-order valence-electron chi connectivity index (χ1n) is 9.44. The standard InChI is InChI=1S/C19H35N3O2/c1-17(2,3)10-8-6-7-9-13-22-16(24)21-15(23)19(22)11-12-20-18(4,5)14-19/h20H,6-14H2,1-5H3,(H,21,23,24). The molecule has 1 spiro atoms. The van der Waals surface area contributed by atoms with Gasteiger partial charge in [-0.15, -0.1) is 0 Å². The van der Waals surface area contributed by atoms with Crippen LogP contribution in [0, 0.1) is 5.41 Å². The van der Waals surface area contributed by atoms with Gasteiger partial charge in [0.2, 0.25) is 0 Å². The van der Waals surface area contributed by atoms with Crippen molar-refractivity contribution in [1.29, 1.82) is 0 Å². The molecule has 5 nitrogen and oxygen atoms in total. The lowest BCUT2D eigenvalue weighted by atomic mass is 9.77. The summed E-state index contributed by atoms with van der Waals surface area (Å²) in [6, 6.07) is -0.201. The van der Waals surface area contributed by atoms with E-state index in [9.17, 15) is 9.59 Å². The Kier molecular flexibility index (Phi) is 5.63. The van der Waals surface area contributed by atoms with Gasteiger partial charge in [0.25, 0.3) is 5.91 Å². The minimum absolute atomic E-state index is 0.102. The van der Waals surface area contributed by atoms with Gasteiger partial charge < -0.3 is 10.2 Å². The average molecular weight is 338 g/mol. The molecule has 1 atom stereocenters. The van der Waals surface area contributed by atoms with E-state index in [0.29, 0.717) is 24.8 Å². The van der Waals surface area contributed by atoms with Gasteiger partial charge in [-0.2, -0.15) is 0 Å². The van der Waals surface area contributed by atoms with E-state index in [0.717, 1.165) is 19.4 Å². The summed E-state index contributed by atoms with van der Waals surface area (Å²) in [7, 11) is 0. The molecule has 0 aromatic rings. The third-order valence-corrected chi connectivity index (χ3v) is 5.34. The van der Waals surface area contributed by atoms with Crippen LogP contribution in [0.2, 0.25) is 0 Å². The van der Waals surface area contributed by atoms with Crippen molar-refractivity contribution in [2.24, 2.45) is 5.41 Å². The average Bonchev–Trinajstić information content (AvgIpc) is 2.63. The van der Waals surface area contributed by atoms with E-state index < -0.39 is 5.54 Å². The van der Waals surface area contributed by atoms with Gasteiger partial charge in [0, 0.05) is 12.1 Å². The first kappa shape index (κ1) is 19.2. The van der Waals surface area contributed by atoms with Crippen LogP contribution in [0.25, 0.3) is 0 Å². The molecule has 2 saturated heterocycles. The third-order valence-electron chi connectivity index (χ3n) is 5.34. The molecule has 3 amide bonds. The van der Waals surface area contributed by atoms with Crippen molar-refractivity contribution >= 4 is 11.9 Å². The maximum Gasteiger partial charge on any atom is 0.325 e. The van der Waals surface area contributed by atoms with Crippen LogP contribution in [0.15, 0.2) is 0 Å². The minimum atomic E-state index is -0.642. The maximum absolute atomic E-state index is 12.5. The highest BCUT2D eigenvalue weighted by molar-refractivity contribution is 6.07. The summed E-state index contributed by atoms with van der Waals surface area (Å²) in [6.07, 6.45) is 7.14. The van der Waals surface area contributed by atoms with E-state index in [1.165, 1.54) is 19.3 Å². The topological polar surface area (TPSA) is 61.4 Å². The molecule has 0 saturated carbocycles. The fraction of sp³-hybridized carbons (Fsp3) is 0.895. The summed E-state index contributed by atoms with van der Waals surface area (Å²) in [4.78, 5) is 26.6. The van der Waals surface area contributed by atoms with Gasteiger partial charge in [0.05, 0.1) is 0 Å². The van der Waals surface area contributed by atoms with Gasteiger partial charge in [0.15, 0.2) is 0 Å². The van der Waals surface area contributed by atoms with Crippen molar-refractivity contribution in [1.82, 2.24) is 15.5 Å². The Balaban J connectivity index is 1.88. The zero-order valence-corrected chi connectivity index (χ0v) is 16.1. The predicted octanol–water partition coefficient (Wildman–Crippen LogP) is 3.44. The summed E-state index contributed by atoms with van der Waals surface area (Å²) < 4.78 is 0. The molecule has 2 N–H and O–H groups in total. The number of hydrogen-bond donors (Lipinski definition) is 2. The predicted molar refractivity (Wildman–Crippen MR) is 96.8 cm³/mol. The van der Waals surface area contributed by atoms with Crippen LogP contribution < -0.4 is 10.6 Å². The van der Waals surface area contributed by atoms with Gasteiger partial charge in [-0.25, -0.2) is 4.79 Å². The molecule has 2 rings (SSSR count). The van der Waals surface area contributed by atoms with E-state index in [1.54, 1.807) is 0 Å². The zero-order valence-electron chi connectivity index (χ0n) is 16.1. The Morgan fingerprint density at radius 1 is 1.08 bits per heavy atom. The number of carbonyl (C=O) groups excluding carboxylic acids is 2. The molecule has 0 aliphatic carbocycles. The number of urea groups is 1. The van der Waals surface area contributed by atoms with Crippen LogP contribution in [0.5, 0.6) is 0 Å². The fourth-order valence-electron chi connectivity index (χ4n) is 4.11.